The van der Waals surface area contributed by atoms with Crippen molar-refractivity contribution in [1.82, 2.24) is 0 Å². The summed E-state index contributed by atoms with van der Waals surface area (Å²) in [6, 6.07) is 0. The fraction of sp³-hybridized carbons (Fsp3) is 0. The molecule has 0 radical (unpaired) electrons. The average Bonchev–Trinajstić information content (AvgIpc) is 2.66. The number of halogens is 4. The molecular weight excluding hydrogens is 466 g/mol. The molecule has 0 aromatic carbocycles. The Kier molecular flexibility index (Phi) is 34.9. The fourth-order valence-electron chi connectivity index (χ4n) is 0.130. The maximum absolute atomic E-state index is 10.4. The summed E-state index contributed by atoms with van der Waals surface area (Å²) in [5.41, 5.74) is 0. The first-order valence-electron chi connectivity index (χ1n) is 4.94. The summed E-state index contributed by atoms with van der Waals surface area (Å²) < 4.78 is 41.6. The maximum atomic E-state index is 10.4. The van der Waals surface area contributed by atoms with Gasteiger partial charge in [-0.05, 0) is 0 Å². The molecule has 1 unspecified atom stereocenters. The Morgan fingerprint density at radius 2 is 0.700 bits per heavy atom. The molecule has 0 amide bonds. The molecule has 0 aromatic rings. The minimum Gasteiger partial charge on any atom is -0.539 e. The molecule has 168 valence electrons. The number of carboxylic acid groups (broad SMARTS) is 4. The van der Waals surface area contributed by atoms with Gasteiger partial charge in [0.2, 0.25) is 0 Å². The van der Waals surface area contributed by atoms with E-state index in [9.17, 15) is 51.7 Å². The first kappa shape index (κ1) is 41.0. The quantitative estimate of drug-likeness (QED) is 0.128. The van der Waals surface area contributed by atoms with Crippen LogP contribution < -0.4 is 24.0 Å². The molecule has 0 spiro atoms. The van der Waals surface area contributed by atoms with Crippen LogP contribution >= 0.6 is 9.90 Å². The van der Waals surface area contributed by atoms with Gasteiger partial charge >= 0.3 is 60.6 Å². The van der Waals surface area contributed by atoms with E-state index in [1.165, 1.54) is 0 Å². The summed E-state index contributed by atoms with van der Waals surface area (Å²) in [7, 11) is 0. The van der Waals surface area contributed by atoms with E-state index in [1.54, 1.807) is 0 Å². The molecule has 0 saturated heterocycles. The van der Waals surface area contributed by atoms with Crippen molar-refractivity contribution in [2.45, 2.75) is 0 Å². The van der Waals surface area contributed by atoms with E-state index < -0.39 is 47.8 Å². The molecule has 16 nitrogen and oxygen atoms in total. The molecule has 0 heterocycles. The van der Waals surface area contributed by atoms with E-state index >= 15 is 0 Å². The smallest absolute Gasteiger partial charge is 0.539 e. The van der Waals surface area contributed by atoms with E-state index in [4.69, 9.17) is 25.2 Å². The van der Waals surface area contributed by atoms with Gasteiger partial charge in [-0.1, -0.05) is 0 Å². The van der Waals surface area contributed by atoms with Gasteiger partial charge in [0.05, 0.1) is 0 Å². The van der Waals surface area contributed by atoms with Crippen molar-refractivity contribution < 1.29 is 116 Å². The minimum atomic E-state index is -2.19. The van der Waals surface area contributed by atoms with Crippen LogP contribution in [-0.2, 0) is 58.1 Å². The summed E-state index contributed by atoms with van der Waals surface area (Å²) in [5, 5.41) is 31.5. The van der Waals surface area contributed by atoms with Crippen molar-refractivity contribution in [3.63, 3.8) is 0 Å². The average molecular weight is 472 g/mol. The van der Waals surface area contributed by atoms with Gasteiger partial charge in [0, 0.05) is 18.1 Å². The van der Waals surface area contributed by atoms with Crippen LogP contribution in [0, 0.1) is 0 Å². The standard InChI is InChI=1S/4C2HFO4.Li.H3P/c4*3-7-2(6)1(4)5;;/h4*(H,4,5);;1H3/q;;;;+1;/p-1. The van der Waals surface area contributed by atoms with Crippen molar-refractivity contribution in [2.75, 3.05) is 0 Å². The molecule has 0 aliphatic carbocycles. The number of hydrogen-bond acceptors (Lipinski definition) is 13. The fourth-order valence-corrected chi connectivity index (χ4v) is 0.130. The van der Waals surface area contributed by atoms with Crippen molar-refractivity contribution >= 4 is 57.7 Å². The Bertz CT molecular complexity index is 508. The van der Waals surface area contributed by atoms with Gasteiger partial charge in [-0.25, -0.2) is 53.3 Å². The molecule has 30 heavy (non-hydrogen) atoms. The van der Waals surface area contributed by atoms with Crippen molar-refractivity contribution in [1.29, 1.82) is 0 Å². The molecule has 22 heteroatoms. The predicted molar refractivity (Wildman–Crippen MR) is 67.8 cm³/mol. The van der Waals surface area contributed by atoms with Crippen LogP contribution in [0.3, 0.4) is 0 Å². The monoisotopic (exact) mass is 472 g/mol. The van der Waals surface area contributed by atoms with Gasteiger partial charge in [0.25, 0.3) is 0 Å². The zero-order chi connectivity index (χ0) is 23.4. The summed E-state index contributed by atoms with van der Waals surface area (Å²) >= 11 is 0. The molecule has 0 fully saturated rings. The van der Waals surface area contributed by atoms with E-state index in [0.717, 1.165) is 0 Å². The van der Waals surface area contributed by atoms with Crippen molar-refractivity contribution in [3.8, 4) is 0 Å². The second-order valence-electron chi connectivity index (χ2n) is 2.66. The Labute approximate surface area is 174 Å². The Balaban J connectivity index is -0.0000000626. The number of rotatable bonds is 0. The first-order chi connectivity index (χ1) is 12.7. The van der Waals surface area contributed by atoms with Crippen LogP contribution in [0.4, 0.5) is 18.1 Å². The predicted octanol–water partition coefficient (Wildman–Crippen LogP) is -6.28. The van der Waals surface area contributed by atoms with E-state index in [2.05, 4.69) is 19.8 Å². The number of carbonyl (C=O) groups excluding carboxylic acids is 5. The van der Waals surface area contributed by atoms with Gasteiger partial charge in [-0.2, -0.15) is 9.90 Å². The number of hydrogen-bond donors (Lipinski definition) is 3. The van der Waals surface area contributed by atoms with Crippen molar-refractivity contribution in [3.05, 3.63) is 0 Å². The SMILES string of the molecule is O=C(O)C(=O)OF.O=C(O)C(=O)OF.O=C(O)C(=O)OF.O=C([O-])C(=O)OF.P.[Li+]. The molecule has 0 aliphatic rings. The molecule has 1 atom stereocenters. The summed E-state index contributed by atoms with van der Waals surface area (Å²) in [4.78, 5) is 83.0. The number of aliphatic carboxylic acids is 4. The number of carbonyl (C=O) groups is 8. The van der Waals surface area contributed by atoms with Gasteiger partial charge in [-0.3, -0.25) is 0 Å². The second kappa shape index (κ2) is 25.5. The molecule has 0 rings (SSSR count). The minimum absolute atomic E-state index is 0. The molecule has 0 aliphatic heterocycles. The van der Waals surface area contributed by atoms with E-state index in [0.29, 0.717) is 0 Å². The molecule has 0 saturated carbocycles. The molecule has 0 aromatic heterocycles. The normalized spacial score (nSPS) is 7.07. The Morgan fingerprint density at radius 1 is 0.533 bits per heavy atom. The molecule has 0 bridgehead atoms. The Hall–Kier alpha value is -3.49. The van der Waals surface area contributed by atoms with Crippen LogP contribution in [0.2, 0.25) is 0 Å². The topological polar surface area (TPSA) is 257 Å². The van der Waals surface area contributed by atoms with Crippen LogP contribution in [-0.4, -0.2) is 63.1 Å². The van der Waals surface area contributed by atoms with Crippen LogP contribution in [0.25, 0.3) is 0 Å². The van der Waals surface area contributed by atoms with Gasteiger partial charge in [0.15, 0.2) is 5.97 Å². The number of carboxylic acids is 4. The summed E-state index contributed by atoms with van der Waals surface area (Å²) in [5.74, 6) is -15.7. The summed E-state index contributed by atoms with van der Waals surface area (Å²) in [6.07, 6.45) is 0. The van der Waals surface area contributed by atoms with Gasteiger partial charge < -0.3 is 25.2 Å². The Morgan fingerprint density at radius 3 is 0.700 bits per heavy atom. The maximum Gasteiger partial charge on any atom is 1.00 e. The first-order valence-corrected chi connectivity index (χ1v) is 4.94. The van der Waals surface area contributed by atoms with Crippen LogP contribution in [0.15, 0.2) is 0 Å². The van der Waals surface area contributed by atoms with Gasteiger partial charge in [0.1, 0.15) is 0 Å². The zero-order valence-corrected chi connectivity index (χ0v) is 15.3. The zero-order valence-electron chi connectivity index (χ0n) is 13.9. The molecule has 3 N–H and O–H groups in total. The third-order valence-corrected chi connectivity index (χ3v) is 0.971. The largest absolute Gasteiger partial charge is 1.00 e. The summed E-state index contributed by atoms with van der Waals surface area (Å²) in [6.45, 7) is 0. The van der Waals surface area contributed by atoms with Crippen LogP contribution in [0.1, 0.15) is 0 Å². The third kappa shape index (κ3) is 32.2. The van der Waals surface area contributed by atoms with E-state index in [-0.39, 0.29) is 28.8 Å². The van der Waals surface area contributed by atoms with Gasteiger partial charge in [-0.15, -0.1) is 0 Å². The van der Waals surface area contributed by atoms with Crippen LogP contribution in [0.5, 0.6) is 0 Å². The van der Waals surface area contributed by atoms with E-state index in [1.807, 2.05) is 0 Å². The molecular formula is C8H6F4LiO16P. The second-order valence-corrected chi connectivity index (χ2v) is 2.66. The van der Waals surface area contributed by atoms with Crippen molar-refractivity contribution in [2.24, 2.45) is 0 Å². The third-order valence-electron chi connectivity index (χ3n) is 0.971.